The molecule has 0 atom stereocenters. The van der Waals surface area contributed by atoms with E-state index in [0.29, 0.717) is 5.82 Å². The highest BCUT2D eigenvalue weighted by Crippen LogP contribution is 2.39. The number of hydrogen-bond acceptors (Lipinski definition) is 3. The molecule has 0 N–H and O–H groups in total. The fraction of sp³-hybridized carbons (Fsp3) is 0. The zero-order valence-corrected chi connectivity index (χ0v) is 30.4. The van der Waals surface area contributed by atoms with E-state index < -0.39 is 0 Å². The number of aromatic nitrogens is 3. The van der Waals surface area contributed by atoms with Gasteiger partial charge in [-0.05, 0) is 90.1 Å². The second-order valence-corrected chi connectivity index (χ2v) is 14.4. The Kier molecular flexibility index (Phi) is 7.49. The maximum Gasteiger partial charge on any atom is 0.160 e. The van der Waals surface area contributed by atoms with Crippen LogP contribution < -0.4 is 0 Å². The summed E-state index contributed by atoms with van der Waals surface area (Å²) in [6.07, 6.45) is 1.95. The SMILES string of the molecule is c1ccc2ncc(-c3ccc(-c4nc(-c5ccc(-c6cc7ccccc7c7ccccc67)cc5)cc(-c5cc6ccccc6c6ccccc56)n4)cc3)cc2c1. The molecule has 0 bridgehead atoms. The molecule has 2 aromatic heterocycles. The Bertz CT molecular complexity index is 3290. The maximum atomic E-state index is 5.30. The minimum Gasteiger partial charge on any atom is -0.256 e. The highest BCUT2D eigenvalue weighted by Gasteiger charge is 2.16. The molecule has 0 unspecified atom stereocenters. The van der Waals surface area contributed by atoms with Crippen LogP contribution in [-0.4, -0.2) is 15.0 Å². The van der Waals surface area contributed by atoms with Crippen LogP contribution >= 0.6 is 0 Å². The fourth-order valence-corrected chi connectivity index (χ4v) is 8.28. The van der Waals surface area contributed by atoms with E-state index in [2.05, 4.69) is 182 Å². The predicted molar refractivity (Wildman–Crippen MR) is 235 cm³/mol. The lowest BCUT2D eigenvalue weighted by Crippen LogP contribution is -1.97. The van der Waals surface area contributed by atoms with Crippen LogP contribution in [0.1, 0.15) is 0 Å². The molecule has 0 saturated heterocycles. The first-order valence-electron chi connectivity index (χ1n) is 19.0. The third-order valence-corrected chi connectivity index (χ3v) is 11.1. The van der Waals surface area contributed by atoms with Crippen molar-refractivity contribution in [1.82, 2.24) is 15.0 Å². The zero-order chi connectivity index (χ0) is 37.0. The molecule has 0 aliphatic heterocycles. The van der Waals surface area contributed by atoms with Crippen LogP contribution in [0.15, 0.2) is 200 Å². The van der Waals surface area contributed by atoms with Gasteiger partial charge in [-0.15, -0.1) is 0 Å². The first kappa shape index (κ1) is 32.0. The van der Waals surface area contributed by atoms with Gasteiger partial charge in [-0.3, -0.25) is 4.98 Å². The number of hydrogen-bond donors (Lipinski definition) is 0. The van der Waals surface area contributed by atoms with Crippen LogP contribution in [-0.2, 0) is 0 Å². The standard InChI is InChI=1S/C53H33N3/c1-4-14-42-38(11-1)30-48(46-18-8-6-16-44(42)46)35-23-25-36(26-24-35)51-32-52(49-31-39-12-2-5-15-43(39)45-17-7-9-19-47(45)49)56-53(55-51)37-27-21-34(22-28-37)41-29-40-13-3-10-20-50(40)54-33-41/h1-33H. The van der Waals surface area contributed by atoms with Crippen molar-refractivity contribution >= 4 is 54.0 Å². The van der Waals surface area contributed by atoms with E-state index in [-0.39, 0.29) is 0 Å². The van der Waals surface area contributed by atoms with Gasteiger partial charge in [0.1, 0.15) is 0 Å². The molecule has 0 amide bonds. The van der Waals surface area contributed by atoms with E-state index in [1.54, 1.807) is 0 Å². The summed E-state index contributed by atoms with van der Waals surface area (Å²) in [5.41, 5.74) is 10.4. The van der Waals surface area contributed by atoms with E-state index in [0.717, 1.165) is 50.1 Å². The molecule has 0 saturated carbocycles. The summed E-state index contributed by atoms with van der Waals surface area (Å²) in [5, 5.41) is 10.9. The molecule has 9 aromatic carbocycles. The molecule has 260 valence electrons. The zero-order valence-electron chi connectivity index (χ0n) is 30.4. The summed E-state index contributed by atoms with van der Waals surface area (Å²) in [6.45, 7) is 0. The monoisotopic (exact) mass is 711 g/mol. The number of fused-ring (bicyclic) bond motifs is 7. The van der Waals surface area contributed by atoms with E-state index in [1.807, 2.05) is 18.3 Å². The summed E-state index contributed by atoms with van der Waals surface area (Å²) in [4.78, 5) is 15.3. The third-order valence-electron chi connectivity index (χ3n) is 11.1. The Morgan fingerprint density at radius 1 is 0.286 bits per heavy atom. The van der Waals surface area contributed by atoms with Gasteiger partial charge < -0.3 is 0 Å². The van der Waals surface area contributed by atoms with Crippen molar-refractivity contribution in [2.24, 2.45) is 0 Å². The largest absolute Gasteiger partial charge is 0.256 e. The van der Waals surface area contributed by atoms with Crippen molar-refractivity contribution in [3.05, 3.63) is 200 Å². The van der Waals surface area contributed by atoms with Gasteiger partial charge in [0.25, 0.3) is 0 Å². The van der Waals surface area contributed by atoms with Crippen LogP contribution in [0.5, 0.6) is 0 Å². The van der Waals surface area contributed by atoms with E-state index in [1.165, 1.54) is 54.2 Å². The van der Waals surface area contributed by atoms with Gasteiger partial charge in [-0.2, -0.15) is 0 Å². The highest BCUT2D eigenvalue weighted by atomic mass is 14.9. The summed E-state index contributed by atoms with van der Waals surface area (Å²) in [5.74, 6) is 0.683. The lowest BCUT2D eigenvalue weighted by molar-refractivity contribution is 1.19. The quantitative estimate of drug-likeness (QED) is 0.167. The van der Waals surface area contributed by atoms with E-state index >= 15 is 0 Å². The normalized spacial score (nSPS) is 11.6. The molecule has 11 rings (SSSR count). The summed E-state index contributed by atoms with van der Waals surface area (Å²) in [7, 11) is 0. The van der Waals surface area contributed by atoms with Gasteiger partial charge >= 0.3 is 0 Å². The van der Waals surface area contributed by atoms with Crippen LogP contribution in [0.3, 0.4) is 0 Å². The second kappa shape index (κ2) is 13.1. The van der Waals surface area contributed by atoms with Gasteiger partial charge in [0, 0.05) is 33.8 Å². The summed E-state index contributed by atoms with van der Waals surface area (Å²) >= 11 is 0. The lowest BCUT2D eigenvalue weighted by Gasteiger charge is -2.14. The molecule has 0 aliphatic carbocycles. The maximum absolute atomic E-state index is 5.30. The molecule has 2 heterocycles. The fourth-order valence-electron chi connectivity index (χ4n) is 8.28. The topological polar surface area (TPSA) is 38.7 Å². The Hall–Kier alpha value is -7.49. The van der Waals surface area contributed by atoms with Gasteiger partial charge in [0.05, 0.1) is 16.9 Å². The third kappa shape index (κ3) is 5.49. The van der Waals surface area contributed by atoms with Crippen molar-refractivity contribution in [3.63, 3.8) is 0 Å². The Morgan fingerprint density at radius 2 is 0.768 bits per heavy atom. The Morgan fingerprint density at radius 3 is 1.45 bits per heavy atom. The lowest BCUT2D eigenvalue weighted by atomic mass is 9.92. The van der Waals surface area contributed by atoms with Crippen LogP contribution in [0.4, 0.5) is 0 Å². The molecule has 3 heteroatoms. The minimum absolute atomic E-state index is 0.683. The average molecular weight is 712 g/mol. The average Bonchev–Trinajstić information content (AvgIpc) is 3.28. The van der Waals surface area contributed by atoms with Gasteiger partial charge in [0.15, 0.2) is 5.82 Å². The molecule has 0 fully saturated rings. The molecule has 3 nitrogen and oxygen atoms in total. The summed E-state index contributed by atoms with van der Waals surface area (Å²) in [6, 6.07) is 69.1. The van der Waals surface area contributed by atoms with Gasteiger partial charge in [-0.25, -0.2) is 9.97 Å². The molecule has 56 heavy (non-hydrogen) atoms. The number of pyridine rings is 1. The summed E-state index contributed by atoms with van der Waals surface area (Å²) < 4.78 is 0. The molecule has 11 aromatic rings. The number of benzene rings is 9. The van der Waals surface area contributed by atoms with Crippen LogP contribution in [0, 0.1) is 0 Å². The van der Waals surface area contributed by atoms with E-state index in [9.17, 15) is 0 Å². The Balaban J connectivity index is 1.06. The minimum atomic E-state index is 0.683. The molecule has 0 radical (unpaired) electrons. The van der Waals surface area contributed by atoms with Crippen molar-refractivity contribution in [2.45, 2.75) is 0 Å². The Labute approximate surface area is 324 Å². The van der Waals surface area contributed by atoms with Crippen molar-refractivity contribution in [3.8, 4) is 56.2 Å². The van der Waals surface area contributed by atoms with Crippen molar-refractivity contribution in [1.29, 1.82) is 0 Å². The van der Waals surface area contributed by atoms with Crippen molar-refractivity contribution in [2.75, 3.05) is 0 Å². The predicted octanol–water partition coefficient (Wildman–Crippen LogP) is 14.0. The molecule has 0 aliphatic rings. The van der Waals surface area contributed by atoms with Gasteiger partial charge in [0.2, 0.25) is 0 Å². The van der Waals surface area contributed by atoms with Gasteiger partial charge in [-0.1, -0.05) is 164 Å². The van der Waals surface area contributed by atoms with Crippen LogP contribution in [0.25, 0.3) is 110 Å². The van der Waals surface area contributed by atoms with Crippen molar-refractivity contribution < 1.29 is 0 Å². The molecular weight excluding hydrogens is 679 g/mol. The first-order chi connectivity index (χ1) is 27.7. The second-order valence-electron chi connectivity index (χ2n) is 14.4. The smallest absolute Gasteiger partial charge is 0.160 e. The number of rotatable bonds is 5. The van der Waals surface area contributed by atoms with E-state index in [4.69, 9.17) is 15.0 Å². The number of nitrogens with zero attached hydrogens (tertiary/aromatic N) is 3. The molecule has 0 spiro atoms. The molecular formula is C53H33N3. The first-order valence-corrected chi connectivity index (χ1v) is 19.0. The van der Waals surface area contributed by atoms with Crippen LogP contribution in [0.2, 0.25) is 0 Å². The highest BCUT2D eigenvalue weighted by molar-refractivity contribution is 6.15. The number of para-hydroxylation sites is 1.